The van der Waals surface area contributed by atoms with Crippen molar-refractivity contribution in [3.8, 4) is 0 Å². The molecular formula is C20H40O10S. The molecule has 0 radical (unpaired) electrons. The largest absolute Gasteiger partial charge is 0.481 e. The van der Waals surface area contributed by atoms with Crippen LogP contribution in [0.3, 0.4) is 0 Å². The lowest BCUT2D eigenvalue weighted by Gasteiger charge is -2.32. The van der Waals surface area contributed by atoms with Gasteiger partial charge < -0.3 is 46.0 Å². The Bertz CT molecular complexity index is 522. The Balaban J connectivity index is 4.66. The molecule has 10 nitrogen and oxygen atoms in total. The van der Waals surface area contributed by atoms with Crippen LogP contribution >= 0.6 is 12.6 Å². The summed E-state index contributed by atoms with van der Waals surface area (Å²) in [5.41, 5.74) is 0. The van der Waals surface area contributed by atoms with Crippen molar-refractivity contribution in [3.05, 3.63) is 0 Å². The van der Waals surface area contributed by atoms with Crippen LogP contribution in [0.2, 0.25) is 0 Å². The predicted octanol–water partition coefficient (Wildman–Crippen LogP) is -1.64. The number of carbonyl (C=O) groups is 1. The molecule has 0 fully saturated rings. The summed E-state index contributed by atoms with van der Waals surface area (Å²) >= 11 is 4.08. The van der Waals surface area contributed by atoms with Crippen LogP contribution in [-0.4, -0.2) is 106 Å². The van der Waals surface area contributed by atoms with E-state index in [1.54, 1.807) is 0 Å². The molecule has 0 aromatic heterocycles. The van der Waals surface area contributed by atoms with Crippen molar-refractivity contribution in [1.29, 1.82) is 0 Å². The van der Waals surface area contributed by atoms with Gasteiger partial charge in [-0.05, 0) is 33.1 Å². The van der Waals surface area contributed by atoms with Gasteiger partial charge in [0.25, 0.3) is 0 Å². The fraction of sp³-hybridized carbons (Fsp3) is 0.950. The lowest BCUT2D eigenvalue weighted by molar-refractivity contribution is -0.147. The van der Waals surface area contributed by atoms with Crippen molar-refractivity contribution in [3.63, 3.8) is 0 Å². The van der Waals surface area contributed by atoms with E-state index in [0.29, 0.717) is 0 Å². The van der Waals surface area contributed by atoms with E-state index in [-0.39, 0.29) is 19.3 Å². The van der Waals surface area contributed by atoms with Gasteiger partial charge in [0.05, 0.1) is 60.0 Å². The molecule has 0 saturated heterocycles. The first-order chi connectivity index (χ1) is 14.1. The molecule has 0 spiro atoms. The Kier molecular flexibility index (Phi) is 13.7. The highest BCUT2D eigenvalue weighted by molar-refractivity contribution is 7.81. The van der Waals surface area contributed by atoms with E-state index < -0.39 is 77.8 Å². The van der Waals surface area contributed by atoms with Crippen molar-refractivity contribution >= 4 is 18.6 Å². The Labute approximate surface area is 188 Å². The minimum atomic E-state index is -1.32. The summed E-state index contributed by atoms with van der Waals surface area (Å²) < 4.78 is 0. The molecule has 12 atom stereocenters. The van der Waals surface area contributed by atoms with E-state index in [1.807, 2.05) is 0 Å². The molecule has 0 aromatic rings. The van der Waals surface area contributed by atoms with E-state index in [1.165, 1.54) is 27.7 Å². The van der Waals surface area contributed by atoms with E-state index in [2.05, 4.69) is 12.6 Å². The molecule has 0 aliphatic carbocycles. The number of hydrogen-bond donors (Lipinski definition) is 10. The topological polar surface area (TPSA) is 199 Å². The van der Waals surface area contributed by atoms with Gasteiger partial charge in [0.2, 0.25) is 0 Å². The van der Waals surface area contributed by atoms with Crippen molar-refractivity contribution in [2.45, 2.75) is 101 Å². The molecule has 9 N–H and O–H groups in total. The van der Waals surface area contributed by atoms with Gasteiger partial charge in [-0.25, -0.2) is 0 Å². The summed E-state index contributed by atoms with van der Waals surface area (Å²) in [5, 5.41) is 88.1. The Morgan fingerprint density at radius 1 is 0.677 bits per heavy atom. The average molecular weight is 473 g/mol. The molecule has 12 unspecified atom stereocenters. The van der Waals surface area contributed by atoms with Gasteiger partial charge in [0.1, 0.15) is 0 Å². The van der Waals surface area contributed by atoms with E-state index >= 15 is 0 Å². The molecule has 31 heavy (non-hydrogen) atoms. The summed E-state index contributed by atoms with van der Waals surface area (Å²) in [4.78, 5) is 11.0. The minimum absolute atomic E-state index is 0.200. The monoisotopic (exact) mass is 472 g/mol. The first-order valence-corrected chi connectivity index (χ1v) is 11.0. The van der Waals surface area contributed by atoms with Gasteiger partial charge in [-0.2, -0.15) is 12.6 Å². The van der Waals surface area contributed by atoms with E-state index in [4.69, 9.17) is 5.11 Å². The Morgan fingerprint density at radius 2 is 1.06 bits per heavy atom. The molecule has 0 aliphatic rings. The van der Waals surface area contributed by atoms with Crippen LogP contribution in [0.15, 0.2) is 0 Å². The molecule has 0 bridgehead atoms. The first-order valence-electron chi connectivity index (χ1n) is 10.5. The molecule has 186 valence electrons. The molecule has 0 rings (SSSR count). The third-order valence-electron chi connectivity index (χ3n) is 5.96. The molecule has 0 heterocycles. The van der Waals surface area contributed by atoms with Gasteiger partial charge in [-0.15, -0.1) is 0 Å². The summed E-state index contributed by atoms with van der Waals surface area (Å²) in [6.45, 7) is 5.60. The summed E-state index contributed by atoms with van der Waals surface area (Å²) in [7, 11) is 0. The van der Waals surface area contributed by atoms with Crippen molar-refractivity contribution in [2.24, 2.45) is 17.8 Å². The smallest absolute Gasteiger partial charge is 0.308 e. The van der Waals surface area contributed by atoms with Crippen molar-refractivity contribution in [2.75, 3.05) is 0 Å². The van der Waals surface area contributed by atoms with Crippen LogP contribution in [0.4, 0.5) is 0 Å². The molecule has 11 heteroatoms. The van der Waals surface area contributed by atoms with Gasteiger partial charge >= 0.3 is 5.97 Å². The zero-order valence-corrected chi connectivity index (χ0v) is 19.3. The maximum absolute atomic E-state index is 11.0. The Morgan fingerprint density at radius 3 is 1.42 bits per heavy atom. The minimum Gasteiger partial charge on any atom is -0.481 e. The highest BCUT2D eigenvalue weighted by Crippen LogP contribution is 2.24. The zero-order valence-electron chi connectivity index (χ0n) is 18.4. The second-order valence-electron chi connectivity index (χ2n) is 8.70. The molecular weight excluding hydrogens is 432 g/mol. The van der Waals surface area contributed by atoms with Crippen LogP contribution in [0, 0.1) is 17.8 Å². The lowest BCUT2D eigenvalue weighted by atomic mass is 9.85. The van der Waals surface area contributed by atoms with Gasteiger partial charge in [-0.1, -0.05) is 13.8 Å². The normalized spacial score (nSPS) is 24.0. The van der Waals surface area contributed by atoms with Crippen LogP contribution in [-0.2, 0) is 4.79 Å². The number of hydrogen-bond acceptors (Lipinski definition) is 10. The second kappa shape index (κ2) is 13.9. The number of aliphatic hydroxyl groups is 8. The van der Waals surface area contributed by atoms with Crippen molar-refractivity contribution < 1.29 is 50.8 Å². The maximum atomic E-state index is 11.0. The van der Waals surface area contributed by atoms with Gasteiger partial charge in [-0.3, -0.25) is 4.79 Å². The van der Waals surface area contributed by atoms with Crippen LogP contribution in [0.1, 0.15) is 47.0 Å². The van der Waals surface area contributed by atoms with Crippen LogP contribution < -0.4 is 0 Å². The quantitative estimate of drug-likeness (QED) is 0.123. The number of rotatable bonds is 15. The number of thiol groups is 1. The lowest BCUT2D eigenvalue weighted by Crippen LogP contribution is -2.46. The fourth-order valence-electron chi connectivity index (χ4n) is 3.35. The van der Waals surface area contributed by atoms with E-state index in [0.717, 1.165) is 0 Å². The third-order valence-corrected chi connectivity index (χ3v) is 6.57. The van der Waals surface area contributed by atoms with E-state index in [9.17, 15) is 45.6 Å². The number of aliphatic hydroxyl groups excluding tert-OH is 8. The van der Waals surface area contributed by atoms with Crippen LogP contribution in [0.5, 0.6) is 0 Å². The summed E-state index contributed by atoms with van der Waals surface area (Å²) in [5.74, 6) is -3.94. The molecule has 0 saturated carbocycles. The van der Waals surface area contributed by atoms with Gasteiger partial charge in [0, 0.05) is 11.8 Å². The second-order valence-corrected chi connectivity index (χ2v) is 9.29. The summed E-state index contributed by atoms with van der Waals surface area (Å²) in [6.07, 6.45) is -10.4. The fourth-order valence-corrected chi connectivity index (χ4v) is 3.87. The standard InChI is InChI=1S/C20H40O10S/c1-8(16(26)10(3)20(29)30)14(24)6-12(22)5-13(23)7-15(25)9(2)17(27)19(31)18(28)11(4)21/h8-19,21-28,31H,5-7H2,1-4H3,(H,29,30). The first kappa shape index (κ1) is 30.5. The third kappa shape index (κ3) is 9.89. The van der Waals surface area contributed by atoms with Crippen molar-refractivity contribution in [1.82, 2.24) is 0 Å². The van der Waals surface area contributed by atoms with Gasteiger partial charge in [0.15, 0.2) is 0 Å². The highest BCUT2D eigenvalue weighted by atomic mass is 32.1. The van der Waals surface area contributed by atoms with Crippen LogP contribution in [0.25, 0.3) is 0 Å². The SMILES string of the molecule is CC(O)C(O)C(S)C(O)C(C)C(O)CC(O)CC(O)CC(O)C(C)C(O)C(C)C(=O)O. The molecule has 0 aliphatic heterocycles. The predicted molar refractivity (Wildman–Crippen MR) is 115 cm³/mol. The number of carboxylic acid groups (broad SMARTS) is 1. The average Bonchev–Trinajstić information content (AvgIpc) is 2.68. The number of carboxylic acids is 1. The molecule has 0 aromatic carbocycles. The highest BCUT2D eigenvalue weighted by Gasteiger charge is 2.35. The maximum Gasteiger partial charge on any atom is 0.308 e. The molecule has 0 amide bonds. The summed E-state index contributed by atoms with van der Waals surface area (Å²) in [6, 6.07) is 0. The number of aliphatic carboxylic acids is 1. The Hall–Kier alpha value is -0.500. The zero-order chi connectivity index (χ0) is 24.6.